The summed E-state index contributed by atoms with van der Waals surface area (Å²) in [6.07, 6.45) is -0.519. The van der Waals surface area contributed by atoms with E-state index in [0.29, 0.717) is 0 Å². The Kier molecular flexibility index (Phi) is 10.9. The SMILES string of the molecule is C[C@H](NC(=O)[C@H](CCC(N)=O)NC(=O)[C@H](C)NC(=O)[C@@H](N)CCC(N)=O)C(=O)O. The average molecular weight is 416 g/mol. The van der Waals surface area contributed by atoms with Crippen LogP contribution in [-0.4, -0.2) is 64.8 Å². The van der Waals surface area contributed by atoms with Gasteiger partial charge in [0.2, 0.25) is 29.5 Å². The zero-order valence-electron chi connectivity index (χ0n) is 16.3. The number of primary amides is 2. The number of amides is 5. The van der Waals surface area contributed by atoms with Crippen molar-refractivity contribution in [3.63, 3.8) is 0 Å². The van der Waals surface area contributed by atoms with E-state index >= 15 is 0 Å². The highest BCUT2D eigenvalue weighted by atomic mass is 16.4. The number of hydrogen-bond acceptors (Lipinski definition) is 7. The van der Waals surface area contributed by atoms with Crippen molar-refractivity contribution in [2.45, 2.75) is 63.7 Å². The number of hydrogen-bond donors (Lipinski definition) is 7. The number of carbonyl (C=O) groups is 6. The minimum atomic E-state index is -1.29. The predicted octanol–water partition coefficient (Wildman–Crippen LogP) is -3.58. The Hall–Kier alpha value is -3.22. The van der Waals surface area contributed by atoms with E-state index in [9.17, 15) is 28.8 Å². The smallest absolute Gasteiger partial charge is 0.325 e. The van der Waals surface area contributed by atoms with E-state index in [4.69, 9.17) is 22.3 Å². The molecule has 0 saturated heterocycles. The van der Waals surface area contributed by atoms with E-state index in [0.717, 1.165) is 0 Å². The van der Waals surface area contributed by atoms with E-state index < -0.39 is 59.7 Å². The molecule has 0 unspecified atom stereocenters. The van der Waals surface area contributed by atoms with Gasteiger partial charge in [-0.1, -0.05) is 0 Å². The topological polar surface area (TPSA) is 237 Å². The summed E-state index contributed by atoms with van der Waals surface area (Å²) in [6, 6.07) is -4.65. The summed E-state index contributed by atoms with van der Waals surface area (Å²) in [4.78, 5) is 69.0. The first-order valence-corrected chi connectivity index (χ1v) is 8.81. The van der Waals surface area contributed by atoms with Gasteiger partial charge in [0.15, 0.2) is 0 Å². The molecule has 4 atom stereocenters. The van der Waals surface area contributed by atoms with E-state index in [1.54, 1.807) is 0 Å². The van der Waals surface area contributed by atoms with Gasteiger partial charge in [-0.3, -0.25) is 28.8 Å². The summed E-state index contributed by atoms with van der Waals surface area (Å²) < 4.78 is 0. The summed E-state index contributed by atoms with van der Waals surface area (Å²) in [5.74, 6) is -4.93. The van der Waals surface area contributed by atoms with Crippen LogP contribution in [0.5, 0.6) is 0 Å². The normalized spacial score (nSPS) is 14.6. The van der Waals surface area contributed by atoms with Crippen LogP contribution in [0.25, 0.3) is 0 Å². The fourth-order valence-corrected chi connectivity index (χ4v) is 2.04. The Balaban J connectivity index is 4.93. The van der Waals surface area contributed by atoms with Crippen molar-refractivity contribution in [1.82, 2.24) is 16.0 Å². The highest BCUT2D eigenvalue weighted by molar-refractivity contribution is 5.94. The average Bonchev–Trinajstić information content (AvgIpc) is 2.61. The molecule has 0 spiro atoms. The maximum atomic E-state index is 12.3. The van der Waals surface area contributed by atoms with Gasteiger partial charge in [-0.05, 0) is 26.7 Å². The van der Waals surface area contributed by atoms with Gasteiger partial charge in [-0.15, -0.1) is 0 Å². The van der Waals surface area contributed by atoms with Crippen LogP contribution >= 0.6 is 0 Å². The lowest BCUT2D eigenvalue weighted by Gasteiger charge is -2.22. The first kappa shape index (κ1) is 25.8. The second kappa shape index (κ2) is 12.3. The zero-order valence-corrected chi connectivity index (χ0v) is 16.3. The zero-order chi connectivity index (χ0) is 22.7. The number of nitrogens with one attached hydrogen (secondary N) is 3. The third kappa shape index (κ3) is 10.6. The lowest BCUT2D eigenvalue weighted by atomic mass is 10.1. The number of nitrogens with two attached hydrogens (primary N) is 3. The highest BCUT2D eigenvalue weighted by Gasteiger charge is 2.27. The van der Waals surface area contributed by atoms with Crippen LogP contribution in [0.1, 0.15) is 39.5 Å². The molecule has 0 aromatic carbocycles. The highest BCUT2D eigenvalue weighted by Crippen LogP contribution is 2.01. The molecule has 0 aromatic heterocycles. The molecule has 0 aliphatic heterocycles. The van der Waals surface area contributed by atoms with Gasteiger partial charge in [-0.25, -0.2) is 0 Å². The lowest BCUT2D eigenvalue weighted by molar-refractivity contribution is -0.142. The molecule has 5 amide bonds. The van der Waals surface area contributed by atoms with E-state index in [-0.39, 0.29) is 25.7 Å². The fraction of sp³-hybridized carbons (Fsp3) is 0.625. The Morgan fingerprint density at radius 1 is 0.759 bits per heavy atom. The van der Waals surface area contributed by atoms with Crippen molar-refractivity contribution in [3.05, 3.63) is 0 Å². The molecule has 29 heavy (non-hydrogen) atoms. The van der Waals surface area contributed by atoms with Crippen LogP contribution in [-0.2, 0) is 28.8 Å². The number of carboxylic acid groups (broad SMARTS) is 1. The van der Waals surface area contributed by atoms with Gasteiger partial charge >= 0.3 is 5.97 Å². The minimum absolute atomic E-state index is 0.00771. The summed E-state index contributed by atoms with van der Waals surface area (Å²) in [5.41, 5.74) is 15.6. The first-order chi connectivity index (χ1) is 13.3. The van der Waals surface area contributed by atoms with Crippen LogP contribution in [0.2, 0.25) is 0 Å². The van der Waals surface area contributed by atoms with Gasteiger partial charge in [0.05, 0.1) is 6.04 Å². The van der Waals surface area contributed by atoms with Crippen molar-refractivity contribution in [2.75, 3.05) is 0 Å². The maximum Gasteiger partial charge on any atom is 0.325 e. The van der Waals surface area contributed by atoms with Crippen molar-refractivity contribution >= 4 is 35.5 Å². The third-order valence-electron chi connectivity index (χ3n) is 3.83. The number of carbonyl (C=O) groups excluding carboxylic acids is 5. The standard InChI is InChI=1S/C16H28N6O7/c1-7(20-14(26)9(17)3-5-11(18)23)13(25)22-10(4-6-12(19)24)15(27)21-8(2)16(28)29/h7-10H,3-6,17H2,1-2H3,(H2,18,23)(H2,19,24)(H,20,26)(H,21,27)(H,22,25)(H,28,29)/t7-,8-,9-,10-/m0/s1. The first-order valence-electron chi connectivity index (χ1n) is 8.81. The lowest BCUT2D eigenvalue weighted by Crippen LogP contribution is -2.56. The molecule has 0 bridgehead atoms. The molecule has 0 aliphatic rings. The molecule has 0 aliphatic carbocycles. The van der Waals surface area contributed by atoms with Gasteiger partial charge in [0.25, 0.3) is 0 Å². The number of aliphatic carboxylic acids is 1. The molecule has 10 N–H and O–H groups in total. The molecule has 0 fully saturated rings. The minimum Gasteiger partial charge on any atom is -0.480 e. The van der Waals surface area contributed by atoms with Gasteiger partial charge < -0.3 is 38.3 Å². The predicted molar refractivity (Wildman–Crippen MR) is 99.6 cm³/mol. The van der Waals surface area contributed by atoms with Gasteiger partial charge in [0.1, 0.15) is 18.1 Å². The molecule has 0 radical (unpaired) electrons. The van der Waals surface area contributed by atoms with E-state index in [1.807, 2.05) is 0 Å². The summed E-state index contributed by atoms with van der Waals surface area (Å²) in [7, 11) is 0. The van der Waals surface area contributed by atoms with Crippen LogP contribution in [0, 0.1) is 0 Å². The maximum absolute atomic E-state index is 12.3. The second-order valence-electron chi connectivity index (χ2n) is 6.48. The fourth-order valence-electron chi connectivity index (χ4n) is 2.04. The summed E-state index contributed by atoms with van der Waals surface area (Å²) >= 11 is 0. The monoisotopic (exact) mass is 416 g/mol. The Morgan fingerprint density at radius 3 is 1.72 bits per heavy atom. The van der Waals surface area contributed by atoms with Crippen LogP contribution in [0.3, 0.4) is 0 Å². The van der Waals surface area contributed by atoms with Crippen LogP contribution in [0.4, 0.5) is 0 Å². The molecule has 13 heteroatoms. The summed E-state index contributed by atoms with van der Waals surface area (Å²) in [5, 5.41) is 15.7. The van der Waals surface area contributed by atoms with Crippen molar-refractivity contribution in [1.29, 1.82) is 0 Å². The summed E-state index contributed by atoms with van der Waals surface area (Å²) in [6.45, 7) is 2.56. The van der Waals surface area contributed by atoms with Gasteiger partial charge in [-0.2, -0.15) is 0 Å². The number of rotatable bonds is 13. The Morgan fingerprint density at radius 2 is 1.24 bits per heavy atom. The molecule has 164 valence electrons. The molecule has 0 heterocycles. The molecule has 13 nitrogen and oxygen atoms in total. The molecule has 0 aromatic rings. The quantitative estimate of drug-likeness (QED) is 0.158. The van der Waals surface area contributed by atoms with Crippen LogP contribution in [0.15, 0.2) is 0 Å². The Labute approximate surface area is 167 Å². The molecular formula is C16H28N6O7. The third-order valence-corrected chi connectivity index (χ3v) is 3.83. The van der Waals surface area contributed by atoms with E-state index in [2.05, 4.69) is 16.0 Å². The second-order valence-corrected chi connectivity index (χ2v) is 6.48. The number of carboxylic acids is 1. The van der Waals surface area contributed by atoms with Crippen molar-refractivity contribution in [2.24, 2.45) is 17.2 Å². The Bertz CT molecular complexity index is 654. The van der Waals surface area contributed by atoms with Crippen molar-refractivity contribution in [3.8, 4) is 0 Å². The van der Waals surface area contributed by atoms with E-state index in [1.165, 1.54) is 13.8 Å². The molecule has 0 saturated carbocycles. The van der Waals surface area contributed by atoms with Crippen molar-refractivity contribution < 1.29 is 33.9 Å². The van der Waals surface area contributed by atoms with Gasteiger partial charge in [0, 0.05) is 12.8 Å². The van der Waals surface area contributed by atoms with Crippen LogP contribution < -0.4 is 33.2 Å². The molecular weight excluding hydrogens is 388 g/mol. The molecule has 0 rings (SSSR count). The largest absolute Gasteiger partial charge is 0.480 e.